The third-order valence-corrected chi connectivity index (χ3v) is 2.18. The third kappa shape index (κ3) is 0.989. The van der Waals surface area contributed by atoms with Crippen LogP contribution in [0.3, 0.4) is 0 Å². The Morgan fingerprint density at radius 2 is 2.33 bits per heavy atom. The van der Waals surface area contributed by atoms with E-state index in [9.17, 15) is 4.79 Å². The summed E-state index contributed by atoms with van der Waals surface area (Å²) in [6.45, 7) is 1.72. The van der Waals surface area contributed by atoms with Crippen molar-refractivity contribution in [2.24, 2.45) is 15.2 Å². The third-order valence-electron chi connectivity index (χ3n) is 1.59. The summed E-state index contributed by atoms with van der Waals surface area (Å²) < 4.78 is 0.473. The van der Waals surface area contributed by atoms with Crippen LogP contribution in [0.4, 0.5) is 0 Å². The molecule has 2 heterocycles. The van der Waals surface area contributed by atoms with Gasteiger partial charge in [0.05, 0.1) is 0 Å². The minimum Gasteiger partial charge on any atom is -0.311 e. The fourth-order valence-electron chi connectivity index (χ4n) is 1.07. The first kappa shape index (κ1) is 7.60. The number of nitrogens with zero attached hydrogens (tertiary/aromatic N) is 3. The van der Waals surface area contributed by atoms with Crippen LogP contribution in [0, 0.1) is 0 Å². The summed E-state index contributed by atoms with van der Waals surface area (Å²) in [5.41, 5.74) is 0.487. The first-order valence-electron chi connectivity index (χ1n) is 3.35. The number of halogens is 1. The van der Waals surface area contributed by atoms with E-state index in [-0.39, 0.29) is 5.91 Å². The normalized spacial score (nSPS) is 27.0. The maximum absolute atomic E-state index is 11.3. The van der Waals surface area contributed by atoms with E-state index in [4.69, 9.17) is 0 Å². The lowest BCUT2D eigenvalue weighted by molar-refractivity contribution is -0.116. The SMILES string of the molecule is CC1=NC2N=NC(Br)=C2C(=O)N1. The molecular weight excluding hydrogens is 224 g/mol. The molecule has 5 nitrogen and oxygen atoms in total. The van der Waals surface area contributed by atoms with Crippen LogP contribution in [0.5, 0.6) is 0 Å². The Labute approximate surface area is 76.8 Å². The number of carbonyl (C=O) groups is 1. The maximum atomic E-state index is 11.3. The first-order valence-corrected chi connectivity index (χ1v) is 4.14. The summed E-state index contributed by atoms with van der Waals surface area (Å²) in [5, 5.41) is 10.1. The van der Waals surface area contributed by atoms with E-state index in [1.807, 2.05) is 0 Å². The van der Waals surface area contributed by atoms with Crippen molar-refractivity contribution in [2.45, 2.75) is 13.1 Å². The molecule has 1 amide bonds. The average Bonchev–Trinajstić information content (AvgIpc) is 2.31. The highest BCUT2D eigenvalue weighted by Gasteiger charge is 2.31. The monoisotopic (exact) mass is 228 g/mol. The van der Waals surface area contributed by atoms with Crippen molar-refractivity contribution >= 4 is 27.7 Å². The van der Waals surface area contributed by atoms with Crippen LogP contribution in [0.1, 0.15) is 6.92 Å². The fourth-order valence-corrected chi connectivity index (χ4v) is 1.55. The van der Waals surface area contributed by atoms with Crippen molar-refractivity contribution in [3.8, 4) is 0 Å². The molecular formula is C6H5BrN4O. The fraction of sp³-hybridized carbons (Fsp3) is 0.333. The van der Waals surface area contributed by atoms with Crippen LogP contribution >= 0.6 is 15.9 Å². The molecule has 0 saturated heterocycles. The van der Waals surface area contributed by atoms with Crippen LogP contribution < -0.4 is 5.32 Å². The molecule has 12 heavy (non-hydrogen) atoms. The molecule has 2 aliphatic rings. The Balaban J connectivity index is 2.48. The van der Waals surface area contributed by atoms with Crippen molar-refractivity contribution in [1.82, 2.24) is 5.32 Å². The van der Waals surface area contributed by atoms with Crippen LogP contribution in [0.15, 0.2) is 25.4 Å². The van der Waals surface area contributed by atoms with E-state index in [1.54, 1.807) is 6.92 Å². The lowest BCUT2D eigenvalue weighted by Crippen LogP contribution is -2.37. The number of carbonyl (C=O) groups excluding carboxylic acids is 1. The number of amidine groups is 1. The number of hydrogen-bond acceptors (Lipinski definition) is 4. The van der Waals surface area contributed by atoms with Gasteiger partial charge in [0, 0.05) is 0 Å². The highest BCUT2D eigenvalue weighted by atomic mass is 79.9. The molecule has 2 aliphatic heterocycles. The van der Waals surface area contributed by atoms with Gasteiger partial charge in [-0.15, -0.1) is 5.11 Å². The Kier molecular flexibility index (Phi) is 1.57. The van der Waals surface area contributed by atoms with E-state index in [2.05, 4.69) is 36.5 Å². The van der Waals surface area contributed by atoms with E-state index < -0.39 is 6.17 Å². The molecule has 0 aromatic carbocycles. The summed E-state index contributed by atoms with van der Waals surface area (Å²) in [4.78, 5) is 15.4. The Hall–Kier alpha value is -1.04. The molecule has 0 spiro atoms. The van der Waals surface area contributed by atoms with Gasteiger partial charge in [0.2, 0.25) is 0 Å². The molecule has 0 radical (unpaired) electrons. The van der Waals surface area contributed by atoms with Gasteiger partial charge in [-0.1, -0.05) is 0 Å². The molecule has 6 heteroatoms. The number of rotatable bonds is 0. The van der Waals surface area contributed by atoms with E-state index >= 15 is 0 Å². The molecule has 1 atom stereocenters. The molecule has 0 aromatic heterocycles. The molecule has 62 valence electrons. The van der Waals surface area contributed by atoms with Crippen LogP contribution in [0.25, 0.3) is 0 Å². The summed E-state index contributed by atoms with van der Waals surface area (Å²) >= 11 is 3.13. The van der Waals surface area contributed by atoms with Crippen LogP contribution in [0.2, 0.25) is 0 Å². The topological polar surface area (TPSA) is 66.2 Å². The van der Waals surface area contributed by atoms with Crippen molar-refractivity contribution in [3.05, 3.63) is 10.2 Å². The van der Waals surface area contributed by atoms with Crippen LogP contribution in [-0.2, 0) is 4.79 Å². The molecule has 1 N–H and O–H groups in total. The minimum absolute atomic E-state index is 0.177. The predicted octanol–water partition coefficient (Wildman–Crippen LogP) is 0.933. The molecule has 0 saturated carbocycles. The zero-order chi connectivity index (χ0) is 8.72. The molecule has 1 unspecified atom stereocenters. The van der Waals surface area contributed by atoms with Gasteiger partial charge in [-0.2, -0.15) is 5.11 Å². The number of hydrogen-bond donors (Lipinski definition) is 1. The lowest BCUT2D eigenvalue weighted by atomic mass is 10.2. The lowest BCUT2D eigenvalue weighted by Gasteiger charge is -2.14. The summed E-state index contributed by atoms with van der Waals surface area (Å²) in [7, 11) is 0. The summed E-state index contributed by atoms with van der Waals surface area (Å²) in [5.74, 6) is 0.402. The maximum Gasteiger partial charge on any atom is 0.259 e. The largest absolute Gasteiger partial charge is 0.311 e. The second-order valence-electron chi connectivity index (χ2n) is 2.46. The van der Waals surface area contributed by atoms with Gasteiger partial charge in [0.25, 0.3) is 5.91 Å². The van der Waals surface area contributed by atoms with E-state index in [1.165, 1.54) is 0 Å². The predicted molar refractivity (Wildman–Crippen MR) is 45.8 cm³/mol. The second kappa shape index (κ2) is 2.48. The van der Waals surface area contributed by atoms with Gasteiger partial charge < -0.3 is 5.32 Å². The van der Waals surface area contributed by atoms with Crippen molar-refractivity contribution in [2.75, 3.05) is 0 Å². The molecule has 2 rings (SSSR count). The average molecular weight is 229 g/mol. The quantitative estimate of drug-likeness (QED) is 0.617. The highest BCUT2D eigenvalue weighted by Crippen LogP contribution is 2.28. The molecule has 0 aliphatic carbocycles. The summed E-state index contributed by atoms with van der Waals surface area (Å²) in [6, 6.07) is 0. The summed E-state index contributed by atoms with van der Waals surface area (Å²) in [6.07, 6.45) is -0.437. The number of amides is 1. The Morgan fingerprint density at radius 3 is 3.08 bits per heavy atom. The van der Waals surface area contributed by atoms with Gasteiger partial charge in [-0.05, 0) is 22.9 Å². The standard InChI is InChI=1S/C6H5BrN4O/c1-2-8-5-3(6(12)9-2)4(7)10-11-5/h5H,1H3,(H,8,9,12). The number of azo groups is 1. The molecule has 0 bridgehead atoms. The number of aliphatic imine (C=N–C) groups is 1. The zero-order valence-electron chi connectivity index (χ0n) is 6.21. The Bertz CT molecular complexity index is 343. The molecule has 0 fully saturated rings. The second-order valence-corrected chi connectivity index (χ2v) is 3.21. The smallest absolute Gasteiger partial charge is 0.259 e. The van der Waals surface area contributed by atoms with Gasteiger partial charge in [-0.25, -0.2) is 4.99 Å². The van der Waals surface area contributed by atoms with Gasteiger partial charge in [-0.3, -0.25) is 4.79 Å². The number of fused-ring (bicyclic) bond motifs is 1. The van der Waals surface area contributed by atoms with Gasteiger partial charge >= 0.3 is 0 Å². The van der Waals surface area contributed by atoms with Gasteiger partial charge in [0.1, 0.15) is 16.0 Å². The van der Waals surface area contributed by atoms with E-state index in [0.717, 1.165) is 0 Å². The zero-order valence-corrected chi connectivity index (χ0v) is 7.79. The van der Waals surface area contributed by atoms with Crippen molar-refractivity contribution in [1.29, 1.82) is 0 Å². The van der Waals surface area contributed by atoms with Crippen molar-refractivity contribution < 1.29 is 4.79 Å². The number of nitrogens with one attached hydrogen (secondary N) is 1. The minimum atomic E-state index is -0.437. The molecule has 0 aromatic rings. The highest BCUT2D eigenvalue weighted by molar-refractivity contribution is 9.11. The van der Waals surface area contributed by atoms with E-state index in [0.29, 0.717) is 16.0 Å². The van der Waals surface area contributed by atoms with Crippen LogP contribution in [-0.4, -0.2) is 17.9 Å². The Morgan fingerprint density at radius 1 is 1.58 bits per heavy atom. The first-order chi connectivity index (χ1) is 5.68. The van der Waals surface area contributed by atoms with Gasteiger partial charge in [0.15, 0.2) is 6.17 Å². The van der Waals surface area contributed by atoms with Crippen molar-refractivity contribution in [3.63, 3.8) is 0 Å².